The van der Waals surface area contributed by atoms with E-state index >= 15 is 0 Å². The summed E-state index contributed by atoms with van der Waals surface area (Å²) in [4.78, 5) is 14.1. The highest BCUT2D eigenvalue weighted by molar-refractivity contribution is 6.31. The molecule has 0 saturated carbocycles. The molecule has 0 spiro atoms. The minimum absolute atomic E-state index is 0.0646. The number of hydrogen-bond donors (Lipinski definition) is 0. The van der Waals surface area contributed by atoms with Crippen molar-refractivity contribution in [2.45, 2.75) is 6.92 Å². The van der Waals surface area contributed by atoms with Crippen molar-refractivity contribution in [3.8, 4) is 11.6 Å². The van der Waals surface area contributed by atoms with Crippen LogP contribution in [0.25, 0.3) is 0 Å². The molecule has 7 nitrogen and oxygen atoms in total. The number of halogens is 2. The standard InChI is InChI=1S/C10H6Cl2N4O3/c1-5-6(16(17)18)3-2-4-7(5)19-9-8(11)14-15-10(12)13-9/h2-4H,1H3. The van der Waals surface area contributed by atoms with Gasteiger partial charge in [0.15, 0.2) is 0 Å². The third-order valence-electron chi connectivity index (χ3n) is 2.25. The summed E-state index contributed by atoms with van der Waals surface area (Å²) in [5.74, 6) is 0.179. The van der Waals surface area contributed by atoms with E-state index in [2.05, 4.69) is 15.2 Å². The molecule has 0 aliphatic heterocycles. The van der Waals surface area contributed by atoms with E-state index in [0.717, 1.165) is 0 Å². The Balaban J connectivity index is 2.41. The Hall–Kier alpha value is -1.99. The lowest BCUT2D eigenvalue weighted by molar-refractivity contribution is -0.385. The molecule has 0 bridgehead atoms. The number of nitro groups is 1. The average molecular weight is 301 g/mol. The van der Waals surface area contributed by atoms with Crippen LogP contribution in [0.2, 0.25) is 10.4 Å². The Bertz CT molecular complexity index is 651. The first-order valence-corrected chi connectivity index (χ1v) is 5.72. The molecule has 0 unspecified atom stereocenters. The van der Waals surface area contributed by atoms with E-state index in [1.807, 2.05) is 0 Å². The number of aromatic nitrogens is 3. The topological polar surface area (TPSA) is 91.0 Å². The molecular formula is C10H6Cl2N4O3. The minimum Gasteiger partial charge on any atom is -0.436 e. The van der Waals surface area contributed by atoms with E-state index < -0.39 is 4.92 Å². The largest absolute Gasteiger partial charge is 0.436 e. The van der Waals surface area contributed by atoms with Gasteiger partial charge in [-0.3, -0.25) is 10.1 Å². The molecule has 98 valence electrons. The highest BCUT2D eigenvalue weighted by atomic mass is 35.5. The quantitative estimate of drug-likeness (QED) is 0.638. The molecule has 1 aromatic heterocycles. The smallest absolute Gasteiger partial charge is 0.276 e. The molecule has 0 saturated heterocycles. The first kappa shape index (κ1) is 13.4. The summed E-state index contributed by atoms with van der Waals surface area (Å²) in [5.41, 5.74) is 0.278. The number of nitrogens with zero attached hydrogens (tertiary/aromatic N) is 4. The monoisotopic (exact) mass is 300 g/mol. The van der Waals surface area contributed by atoms with Gasteiger partial charge in [-0.15, -0.1) is 10.2 Å². The second-order valence-electron chi connectivity index (χ2n) is 3.44. The van der Waals surface area contributed by atoms with Crippen LogP contribution in [0.3, 0.4) is 0 Å². The molecular weight excluding hydrogens is 295 g/mol. The van der Waals surface area contributed by atoms with E-state index in [-0.39, 0.29) is 27.8 Å². The van der Waals surface area contributed by atoms with E-state index in [9.17, 15) is 10.1 Å². The molecule has 1 aromatic carbocycles. The predicted octanol–water partition coefficient (Wildman–Crippen LogP) is 3.19. The molecule has 9 heteroatoms. The van der Waals surface area contributed by atoms with Gasteiger partial charge < -0.3 is 4.74 Å². The average Bonchev–Trinajstić information content (AvgIpc) is 2.36. The number of rotatable bonds is 3. The summed E-state index contributed by atoms with van der Waals surface area (Å²) in [7, 11) is 0. The fourth-order valence-electron chi connectivity index (χ4n) is 1.36. The Morgan fingerprint density at radius 1 is 1.32 bits per heavy atom. The van der Waals surface area contributed by atoms with Crippen LogP contribution in [0, 0.1) is 17.0 Å². The fourth-order valence-corrected chi connectivity index (χ4v) is 1.59. The van der Waals surface area contributed by atoms with E-state index in [1.54, 1.807) is 13.0 Å². The summed E-state index contributed by atoms with van der Waals surface area (Å²) >= 11 is 11.3. The number of ether oxygens (including phenoxy) is 1. The lowest BCUT2D eigenvalue weighted by Gasteiger charge is -2.08. The van der Waals surface area contributed by atoms with Crippen molar-refractivity contribution < 1.29 is 9.66 Å². The van der Waals surface area contributed by atoms with Gasteiger partial charge in [0.05, 0.1) is 10.5 Å². The van der Waals surface area contributed by atoms with Crippen LogP contribution in [0.1, 0.15) is 5.56 Å². The van der Waals surface area contributed by atoms with Crippen LogP contribution in [0.15, 0.2) is 18.2 Å². The van der Waals surface area contributed by atoms with Crippen LogP contribution in [-0.2, 0) is 0 Å². The normalized spacial score (nSPS) is 10.3. The minimum atomic E-state index is -0.505. The lowest BCUT2D eigenvalue weighted by Crippen LogP contribution is -1.98. The SMILES string of the molecule is Cc1c(Oc2nc(Cl)nnc2Cl)cccc1[N+](=O)[O-]. The molecule has 0 N–H and O–H groups in total. The van der Waals surface area contributed by atoms with E-state index in [0.29, 0.717) is 5.56 Å². The maximum atomic E-state index is 10.8. The van der Waals surface area contributed by atoms with Gasteiger partial charge in [-0.25, -0.2) is 0 Å². The second-order valence-corrected chi connectivity index (χ2v) is 4.13. The Kier molecular flexibility index (Phi) is 3.77. The van der Waals surface area contributed by atoms with Gasteiger partial charge in [0, 0.05) is 6.07 Å². The molecule has 0 atom stereocenters. The van der Waals surface area contributed by atoms with Crippen molar-refractivity contribution in [2.24, 2.45) is 0 Å². The molecule has 0 fully saturated rings. The zero-order valence-electron chi connectivity index (χ0n) is 9.50. The summed E-state index contributed by atoms with van der Waals surface area (Å²) in [6, 6.07) is 4.41. The van der Waals surface area contributed by atoms with Gasteiger partial charge in [0.1, 0.15) is 5.75 Å². The summed E-state index contributed by atoms with van der Waals surface area (Å²) < 4.78 is 5.38. The third kappa shape index (κ3) is 2.88. The third-order valence-corrected chi connectivity index (χ3v) is 2.65. The predicted molar refractivity (Wildman–Crippen MR) is 67.8 cm³/mol. The fraction of sp³-hybridized carbons (Fsp3) is 0.100. The van der Waals surface area contributed by atoms with Gasteiger partial charge >= 0.3 is 0 Å². The highest BCUT2D eigenvalue weighted by Gasteiger charge is 2.17. The summed E-state index contributed by atoms with van der Waals surface area (Å²) in [5, 5.41) is 17.5. The van der Waals surface area contributed by atoms with Crippen LogP contribution in [0.5, 0.6) is 11.6 Å². The van der Waals surface area contributed by atoms with Crippen molar-refractivity contribution in [3.05, 3.63) is 44.3 Å². The highest BCUT2D eigenvalue weighted by Crippen LogP contribution is 2.32. The molecule has 2 aromatic rings. The van der Waals surface area contributed by atoms with Crippen molar-refractivity contribution >= 4 is 28.9 Å². The molecule has 2 rings (SSSR count). The van der Waals surface area contributed by atoms with Crippen molar-refractivity contribution in [1.82, 2.24) is 15.2 Å². The molecule has 0 radical (unpaired) electrons. The first-order chi connectivity index (χ1) is 8.99. The Morgan fingerprint density at radius 3 is 2.74 bits per heavy atom. The van der Waals surface area contributed by atoms with Gasteiger partial charge in [-0.1, -0.05) is 17.7 Å². The van der Waals surface area contributed by atoms with Crippen LogP contribution >= 0.6 is 23.2 Å². The lowest BCUT2D eigenvalue weighted by atomic mass is 10.2. The van der Waals surface area contributed by atoms with Crippen molar-refractivity contribution in [2.75, 3.05) is 0 Å². The van der Waals surface area contributed by atoms with E-state index in [4.69, 9.17) is 27.9 Å². The van der Waals surface area contributed by atoms with Crippen LogP contribution in [0.4, 0.5) is 5.69 Å². The number of hydrogen-bond acceptors (Lipinski definition) is 6. The summed E-state index contributed by atoms with van der Waals surface area (Å²) in [6.07, 6.45) is 0. The zero-order chi connectivity index (χ0) is 14.0. The first-order valence-electron chi connectivity index (χ1n) is 4.96. The van der Waals surface area contributed by atoms with Crippen LogP contribution in [-0.4, -0.2) is 20.1 Å². The Labute approximate surface area is 117 Å². The molecule has 1 heterocycles. The Morgan fingerprint density at radius 2 is 2.05 bits per heavy atom. The van der Waals surface area contributed by atoms with Gasteiger partial charge in [0.25, 0.3) is 11.6 Å². The molecule has 0 aliphatic rings. The number of benzene rings is 1. The molecule has 0 amide bonds. The molecule has 0 aliphatic carbocycles. The number of nitro benzene ring substituents is 1. The molecule has 19 heavy (non-hydrogen) atoms. The van der Waals surface area contributed by atoms with Gasteiger partial charge in [-0.2, -0.15) is 4.98 Å². The van der Waals surface area contributed by atoms with Gasteiger partial charge in [-0.05, 0) is 24.6 Å². The van der Waals surface area contributed by atoms with Crippen LogP contribution < -0.4 is 4.74 Å². The maximum Gasteiger partial charge on any atom is 0.276 e. The second kappa shape index (κ2) is 5.33. The van der Waals surface area contributed by atoms with Gasteiger partial charge in [0.2, 0.25) is 10.4 Å². The maximum absolute atomic E-state index is 10.8. The van der Waals surface area contributed by atoms with E-state index in [1.165, 1.54) is 12.1 Å². The van der Waals surface area contributed by atoms with Crippen molar-refractivity contribution in [1.29, 1.82) is 0 Å². The zero-order valence-corrected chi connectivity index (χ0v) is 11.0. The summed E-state index contributed by atoms with van der Waals surface area (Å²) in [6.45, 7) is 1.55. The van der Waals surface area contributed by atoms with Crippen molar-refractivity contribution in [3.63, 3.8) is 0 Å².